The van der Waals surface area contributed by atoms with Gasteiger partial charge in [0, 0.05) is 12.2 Å². The molecular weight excluding hydrogens is 352 g/mol. The van der Waals surface area contributed by atoms with Crippen molar-refractivity contribution in [2.75, 3.05) is 18.5 Å². The number of carbonyl (C=O) groups is 3. The van der Waals surface area contributed by atoms with Gasteiger partial charge in [0.1, 0.15) is 0 Å². The molecule has 0 aliphatic heterocycles. The van der Waals surface area contributed by atoms with Crippen molar-refractivity contribution in [3.05, 3.63) is 52.2 Å². The third kappa shape index (κ3) is 6.33. The lowest BCUT2D eigenvalue weighted by atomic mass is 10.2. The Morgan fingerprint density at radius 1 is 1.08 bits per heavy atom. The molecule has 2 rings (SSSR count). The van der Waals surface area contributed by atoms with Crippen LogP contribution >= 0.6 is 11.3 Å². The van der Waals surface area contributed by atoms with Gasteiger partial charge in [0.05, 0.1) is 10.4 Å². The lowest BCUT2D eigenvalue weighted by Gasteiger charge is -2.07. The summed E-state index contributed by atoms with van der Waals surface area (Å²) >= 11 is 1.35. The van der Waals surface area contributed by atoms with Crippen molar-refractivity contribution in [2.45, 2.75) is 26.2 Å². The minimum absolute atomic E-state index is 0.199. The molecule has 7 heteroatoms. The van der Waals surface area contributed by atoms with Crippen LogP contribution in [-0.4, -0.2) is 30.9 Å². The molecule has 0 saturated heterocycles. The maximum Gasteiger partial charge on any atom is 0.338 e. The van der Waals surface area contributed by atoms with Crippen LogP contribution < -0.4 is 10.6 Å². The van der Waals surface area contributed by atoms with Crippen LogP contribution in [-0.2, 0) is 9.53 Å². The fourth-order valence-electron chi connectivity index (χ4n) is 2.16. The second-order valence-corrected chi connectivity index (χ2v) is 6.59. The average molecular weight is 374 g/mol. The first-order valence-corrected chi connectivity index (χ1v) is 9.37. The number of nitrogens with one attached hydrogen (secondary N) is 2. The van der Waals surface area contributed by atoms with Crippen LogP contribution in [0.2, 0.25) is 0 Å². The number of ether oxygens (including phenoxy) is 1. The van der Waals surface area contributed by atoms with Crippen LogP contribution in [0, 0.1) is 0 Å². The highest BCUT2D eigenvalue weighted by Crippen LogP contribution is 2.14. The number of unbranched alkanes of at least 4 members (excludes halogenated alkanes) is 2. The van der Waals surface area contributed by atoms with Gasteiger partial charge in [-0.3, -0.25) is 9.59 Å². The predicted octanol–water partition coefficient (Wildman–Crippen LogP) is 3.46. The van der Waals surface area contributed by atoms with Crippen LogP contribution in [0.4, 0.5) is 5.69 Å². The first kappa shape index (κ1) is 19.7. The Morgan fingerprint density at radius 3 is 2.50 bits per heavy atom. The summed E-state index contributed by atoms with van der Waals surface area (Å²) in [5.74, 6) is -1.09. The van der Waals surface area contributed by atoms with E-state index in [-0.39, 0.29) is 18.4 Å². The minimum atomic E-state index is -0.579. The Morgan fingerprint density at radius 2 is 1.85 bits per heavy atom. The molecule has 1 aromatic carbocycles. The molecule has 6 nitrogen and oxygen atoms in total. The number of anilines is 1. The number of thiophene rings is 1. The molecule has 0 bridgehead atoms. The lowest BCUT2D eigenvalue weighted by molar-refractivity contribution is -0.124. The molecule has 0 radical (unpaired) electrons. The first-order chi connectivity index (χ1) is 12.6. The molecule has 0 fully saturated rings. The number of amides is 2. The van der Waals surface area contributed by atoms with E-state index in [1.165, 1.54) is 11.3 Å². The van der Waals surface area contributed by atoms with E-state index in [4.69, 9.17) is 4.74 Å². The third-order valence-electron chi connectivity index (χ3n) is 3.56. The predicted molar refractivity (Wildman–Crippen MR) is 102 cm³/mol. The zero-order valence-electron chi connectivity index (χ0n) is 14.6. The van der Waals surface area contributed by atoms with E-state index >= 15 is 0 Å². The highest BCUT2D eigenvalue weighted by molar-refractivity contribution is 7.12. The topological polar surface area (TPSA) is 84.5 Å². The van der Waals surface area contributed by atoms with Gasteiger partial charge in [-0.25, -0.2) is 4.79 Å². The zero-order valence-corrected chi connectivity index (χ0v) is 15.4. The fraction of sp³-hybridized carbons (Fsp3) is 0.316. The quantitative estimate of drug-likeness (QED) is 0.520. The summed E-state index contributed by atoms with van der Waals surface area (Å²) in [6.07, 6.45) is 3.04. The number of rotatable bonds is 9. The summed E-state index contributed by atoms with van der Waals surface area (Å²) < 4.78 is 4.99. The van der Waals surface area contributed by atoms with Crippen LogP contribution in [0.1, 0.15) is 46.2 Å². The fourth-order valence-corrected chi connectivity index (χ4v) is 2.78. The Hall–Kier alpha value is -2.67. The molecule has 0 aliphatic rings. The van der Waals surface area contributed by atoms with Crippen LogP contribution in [0.5, 0.6) is 0 Å². The standard InChI is InChI=1S/C19H22N2O4S/c1-2-3-4-11-20-17(22)13-25-19(24)14-7-9-15(10-8-14)21-18(23)16-6-5-12-26-16/h5-10,12H,2-4,11,13H2,1H3,(H,20,22)(H,21,23). The van der Waals surface area contributed by atoms with Gasteiger partial charge < -0.3 is 15.4 Å². The molecule has 1 heterocycles. The van der Waals surface area contributed by atoms with Crippen molar-refractivity contribution in [1.82, 2.24) is 5.32 Å². The molecule has 2 aromatic rings. The molecule has 0 spiro atoms. The molecular formula is C19H22N2O4S. The van der Waals surface area contributed by atoms with E-state index in [9.17, 15) is 14.4 Å². The van der Waals surface area contributed by atoms with Crippen molar-refractivity contribution in [1.29, 1.82) is 0 Å². The molecule has 138 valence electrons. The Bertz CT molecular complexity index is 727. The zero-order chi connectivity index (χ0) is 18.8. The maximum absolute atomic E-state index is 12.0. The minimum Gasteiger partial charge on any atom is -0.452 e. The van der Waals surface area contributed by atoms with E-state index in [1.54, 1.807) is 36.4 Å². The maximum atomic E-state index is 12.0. The van der Waals surface area contributed by atoms with E-state index in [1.807, 2.05) is 5.38 Å². The van der Waals surface area contributed by atoms with E-state index in [0.29, 0.717) is 22.7 Å². The van der Waals surface area contributed by atoms with Crippen molar-refractivity contribution in [3.63, 3.8) is 0 Å². The summed E-state index contributed by atoms with van der Waals surface area (Å²) in [5.41, 5.74) is 0.895. The third-order valence-corrected chi connectivity index (χ3v) is 4.43. The van der Waals surface area contributed by atoms with Crippen molar-refractivity contribution >= 4 is 34.8 Å². The number of carbonyl (C=O) groups excluding carboxylic acids is 3. The monoisotopic (exact) mass is 374 g/mol. The molecule has 2 amide bonds. The van der Waals surface area contributed by atoms with Crippen molar-refractivity contribution < 1.29 is 19.1 Å². The first-order valence-electron chi connectivity index (χ1n) is 8.49. The summed E-state index contributed by atoms with van der Waals surface area (Å²) in [6, 6.07) is 9.87. The number of esters is 1. The van der Waals surface area contributed by atoms with Gasteiger partial charge in [-0.05, 0) is 42.1 Å². The summed E-state index contributed by atoms with van der Waals surface area (Å²) in [4.78, 5) is 36.1. The SMILES string of the molecule is CCCCCNC(=O)COC(=O)c1ccc(NC(=O)c2cccs2)cc1. The largest absolute Gasteiger partial charge is 0.452 e. The molecule has 2 N–H and O–H groups in total. The average Bonchev–Trinajstić information content (AvgIpc) is 3.19. The van der Waals surface area contributed by atoms with Gasteiger partial charge in [0.15, 0.2) is 6.61 Å². The van der Waals surface area contributed by atoms with Crippen molar-refractivity contribution in [3.8, 4) is 0 Å². The van der Waals surface area contributed by atoms with Crippen molar-refractivity contribution in [2.24, 2.45) is 0 Å². The highest BCUT2D eigenvalue weighted by Gasteiger charge is 2.11. The van der Waals surface area contributed by atoms with Gasteiger partial charge in [-0.1, -0.05) is 25.8 Å². The van der Waals surface area contributed by atoms with E-state index in [2.05, 4.69) is 17.6 Å². The second kappa shape index (κ2) is 10.4. The Balaban J connectivity index is 1.77. The smallest absolute Gasteiger partial charge is 0.338 e. The van der Waals surface area contributed by atoms with Gasteiger partial charge in [0.25, 0.3) is 11.8 Å². The molecule has 26 heavy (non-hydrogen) atoms. The van der Waals surface area contributed by atoms with Crippen LogP contribution in [0.3, 0.4) is 0 Å². The molecule has 0 aliphatic carbocycles. The van der Waals surface area contributed by atoms with Crippen LogP contribution in [0.15, 0.2) is 41.8 Å². The highest BCUT2D eigenvalue weighted by atomic mass is 32.1. The van der Waals surface area contributed by atoms with Crippen LogP contribution in [0.25, 0.3) is 0 Å². The Kier molecular flexibility index (Phi) is 7.82. The molecule has 0 saturated carbocycles. The van der Waals surface area contributed by atoms with E-state index < -0.39 is 5.97 Å². The molecule has 1 aromatic heterocycles. The number of hydrogen-bond acceptors (Lipinski definition) is 5. The lowest BCUT2D eigenvalue weighted by Crippen LogP contribution is -2.29. The normalized spacial score (nSPS) is 10.2. The second-order valence-electron chi connectivity index (χ2n) is 5.64. The van der Waals surface area contributed by atoms with Gasteiger partial charge in [-0.2, -0.15) is 0 Å². The van der Waals surface area contributed by atoms with E-state index in [0.717, 1.165) is 19.3 Å². The molecule has 0 atom stereocenters. The summed E-state index contributed by atoms with van der Waals surface area (Å²) in [7, 11) is 0. The Labute approximate surface area is 156 Å². The number of benzene rings is 1. The summed E-state index contributed by atoms with van der Waals surface area (Å²) in [5, 5.41) is 7.28. The van der Waals surface area contributed by atoms with Gasteiger partial charge >= 0.3 is 5.97 Å². The van der Waals surface area contributed by atoms with Gasteiger partial charge in [-0.15, -0.1) is 11.3 Å². The molecule has 0 unspecified atom stereocenters. The summed E-state index contributed by atoms with van der Waals surface area (Å²) in [6.45, 7) is 2.37. The number of hydrogen-bond donors (Lipinski definition) is 2. The van der Waals surface area contributed by atoms with Gasteiger partial charge in [0.2, 0.25) is 0 Å².